The number of para-hydroxylation sites is 1. The lowest BCUT2D eigenvalue weighted by Gasteiger charge is -2.32. The smallest absolute Gasteiger partial charge is 0.224 e. The molecule has 3 aromatic rings. The summed E-state index contributed by atoms with van der Waals surface area (Å²) in [5, 5.41) is 4.02. The quantitative estimate of drug-likeness (QED) is 0.563. The SMILES string of the molecule is O=C(c1ccc(Oc2ccccc2)cc1)[C@@H]1CCCN(C(=O)CCn2cncn2)C1. The van der Waals surface area contributed by atoms with E-state index >= 15 is 0 Å². The highest BCUT2D eigenvalue weighted by molar-refractivity contribution is 5.98. The molecule has 1 fully saturated rings. The van der Waals surface area contributed by atoms with Crippen LogP contribution in [0.5, 0.6) is 11.5 Å². The average molecular weight is 404 g/mol. The van der Waals surface area contributed by atoms with E-state index in [1.54, 1.807) is 28.0 Å². The first kappa shape index (κ1) is 19.8. The van der Waals surface area contributed by atoms with Gasteiger partial charge in [0.1, 0.15) is 24.2 Å². The summed E-state index contributed by atoms with van der Waals surface area (Å²) >= 11 is 0. The topological polar surface area (TPSA) is 77.3 Å². The highest BCUT2D eigenvalue weighted by Crippen LogP contribution is 2.25. The molecule has 7 heteroatoms. The molecule has 2 heterocycles. The van der Waals surface area contributed by atoms with Crippen molar-refractivity contribution in [3.8, 4) is 11.5 Å². The van der Waals surface area contributed by atoms with Gasteiger partial charge in [0.2, 0.25) is 5.91 Å². The number of likely N-dealkylation sites (tertiary alicyclic amines) is 1. The van der Waals surface area contributed by atoms with Crippen molar-refractivity contribution in [3.63, 3.8) is 0 Å². The number of ketones is 1. The van der Waals surface area contributed by atoms with Crippen LogP contribution in [0.1, 0.15) is 29.6 Å². The Morgan fingerprint density at radius 2 is 1.80 bits per heavy atom. The molecular weight excluding hydrogens is 380 g/mol. The second-order valence-electron chi connectivity index (χ2n) is 7.39. The van der Waals surface area contributed by atoms with E-state index in [0.29, 0.717) is 37.4 Å². The van der Waals surface area contributed by atoms with Gasteiger partial charge in [-0.25, -0.2) is 4.98 Å². The predicted octanol–water partition coefficient (Wildman–Crippen LogP) is 3.58. The number of Topliss-reactive ketones (excluding diaryl/α,β-unsaturated/α-hetero) is 1. The van der Waals surface area contributed by atoms with Crippen LogP contribution in [0.25, 0.3) is 0 Å². The third-order valence-corrected chi connectivity index (χ3v) is 5.28. The molecule has 1 aliphatic heterocycles. The van der Waals surface area contributed by atoms with Crippen molar-refractivity contribution in [2.45, 2.75) is 25.8 Å². The number of piperidine rings is 1. The van der Waals surface area contributed by atoms with Crippen LogP contribution in [0, 0.1) is 5.92 Å². The summed E-state index contributed by atoms with van der Waals surface area (Å²) in [5.74, 6) is 1.40. The standard InChI is InChI=1S/C23H24N4O3/c28-22(12-14-27-17-24-16-25-27)26-13-4-5-19(15-26)23(29)18-8-10-21(11-9-18)30-20-6-2-1-3-7-20/h1-3,6-11,16-17,19H,4-5,12-15H2/t19-/m1/s1. The lowest BCUT2D eigenvalue weighted by Crippen LogP contribution is -2.42. The van der Waals surface area contributed by atoms with Gasteiger partial charge in [0.05, 0.1) is 6.54 Å². The number of benzene rings is 2. The molecule has 0 radical (unpaired) electrons. The van der Waals surface area contributed by atoms with Crippen molar-refractivity contribution in [1.29, 1.82) is 0 Å². The minimum Gasteiger partial charge on any atom is -0.457 e. The van der Waals surface area contributed by atoms with Crippen LogP contribution in [-0.4, -0.2) is 44.4 Å². The van der Waals surface area contributed by atoms with Crippen molar-refractivity contribution in [2.75, 3.05) is 13.1 Å². The fraction of sp³-hybridized carbons (Fsp3) is 0.304. The van der Waals surface area contributed by atoms with E-state index in [1.807, 2.05) is 42.5 Å². The lowest BCUT2D eigenvalue weighted by atomic mass is 9.90. The van der Waals surface area contributed by atoms with Crippen LogP contribution in [0.4, 0.5) is 0 Å². The molecule has 0 bridgehead atoms. The average Bonchev–Trinajstić information content (AvgIpc) is 3.32. The van der Waals surface area contributed by atoms with Gasteiger partial charge in [-0.2, -0.15) is 5.10 Å². The molecule has 1 saturated heterocycles. The van der Waals surface area contributed by atoms with E-state index in [0.717, 1.165) is 18.6 Å². The van der Waals surface area contributed by atoms with Crippen LogP contribution in [0.3, 0.4) is 0 Å². The van der Waals surface area contributed by atoms with E-state index < -0.39 is 0 Å². The molecule has 0 spiro atoms. The van der Waals surface area contributed by atoms with Crippen LogP contribution < -0.4 is 4.74 Å². The molecule has 0 aliphatic carbocycles. The number of aromatic nitrogens is 3. The van der Waals surface area contributed by atoms with Crippen molar-refractivity contribution < 1.29 is 14.3 Å². The molecule has 0 saturated carbocycles. The fourth-order valence-electron chi connectivity index (χ4n) is 3.68. The number of rotatable bonds is 7. The first-order valence-electron chi connectivity index (χ1n) is 10.2. The van der Waals surface area contributed by atoms with E-state index in [1.165, 1.54) is 6.33 Å². The number of nitrogens with zero attached hydrogens (tertiary/aromatic N) is 4. The molecule has 1 amide bonds. The molecule has 2 aromatic carbocycles. The molecule has 1 aromatic heterocycles. The monoisotopic (exact) mass is 404 g/mol. The first-order valence-corrected chi connectivity index (χ1v) is 10.2. The first-order chi connectivity index (χ1) is 14.7. The van der Waals surface area contributed by atoms with Crippen LogP contribution in [0.15, 0.2) is 67.3 Å². The largest absolute Gasteiger partial charge is 0.457 e. The Morgan fingerprint density at radius 3 is 2.53 bits per heavy atom. The van der Waals surface area contributed by atoms with Crippen LogP contribution >= 0.6 is 0 Å². The van der Waals surface area contributed by atoms with Crippen molar-refractivity contribution in [1.82, 2.24) is 19.7 Å². The highest BCUT2D eigenvalue weighted by atomic mass is 16.5. The molecular formula is C23H24N4O3. The summed E-state index contributed by atoms with van der Waals surface area (Å²) in [6.07, 6.45) is 5.04. The van der Waals surface area contributed by atoms with E-state index in [-0.39, 0.29) is 17.6 Å². The maximum atomic E-state index is 13.0. The molecule has 30 heavy (non-hydrogen) atoms. The molecule has 0 unspecified atom stereocenters. The Morgan fingerprint density at radius 1 is 1.03 bits per heavy atom. The third kappa shape index (κ3) is 4.92. The summed E-state index contributed by atoms with van der Waals surface area (Å²) in [6, 6.07) is 16.7. The maximum absolute atomic E-state index is 13.0. The minimum atomic E-state index is -0.171. The Hall–Kier alpha value is -3.48. The van der Waals surface area contributed by atoms with Gasteiger partial charge in [-0.05, 0) is 49.2 Å². The van der Waals surface area contributed by atoms with Gasteiger partial charge in [-0.3, -0.25) is 14.3 Å². The second kappa shape index (κ2) is 9.35. The molecule has 7 nitrogen and oxygen atoms in total. The van der Waals surface area contributed by atoms with E-state index in [4.69, 9.17) is 4.74 Å². The Labute approximate surface area is 175 Å². The second-order valence-corrected chi connectivity index (χ2v) is 7.39. The summed E-state index contributed by atoms with van der Waals surface area (Å²) < 4.78 is 7.43. The minimum absolute atomic E-state index is 0.0506. The third-order valence-electron chi connectivity index (χ3n) is 5.28. The Balaban J connectivity index is 1.33. The number of amides is 1. The van der Waals surface area contributed by atoms with Crippen molar-refractivity contribution in [3.05, 3.63) is 72.8 Å². The number of aryl methyl sites for hydroxylation is 1. The highest BCUT2D eigenvalue weighted by Gasteiger charge is 2.28. The number of carbonyl (C=O) groups is 2. The molecule has 1 aliphatic rings. The van der Waals surface area contributed by atoms with Crippen molar-refractivity contribution in [2.24, 2.45) is 5.92 Å². The van der Waals surface area contributed by atoms with Gasteiger partial charge in [0.15, 0.2) is 5.78 Å². The van der Waals surface area contributed by atoms with Gasteiger partial charge in [-0.1, -0.05) is 18.2 Å². The predicted molar refractivity (Wildman–Crippen MR) is 111 cm³/mol. The van der Waals surface area contributed by atoms with Gasteiger partial charge < -0.3 is 9.64 Å². The van der Waals surface area contributed by atoms with E-state index in [9.17, 15) is 9.59 Å². The summed E-state index contributed by atoms with van der Waals surface area (Å²) in [6.45, 7) is 1.66. The maximum Gasteiger partial charge on any atom is 0.224 e. The zero-order valence-corrected chi connectivity index (χ0v) is 16.7. The van der Waals surface area contributed by atoms with Gasteiger partial charge in [0, 0.05) is 31.0 Å². The zero-order valence-electron chi connectivity index (χ0n) is 16.7. The van der Waals surface area contributed by atoms with E-state index in [2.05, 4.69) is 10.1 Å². The fourth-order valence-corrected chi connectivity index (χ4v) is 3.68. The van der Waals surface area contributed by atoms with Crippen molar-refractivity contribution >= 4 is 11.7 Å². The van der Waals surface area contributed by atoms with Gasteiger partial charge in [0.25, 0.3) is 0 Å². The Bertz CT molecular complexity index is 971. The number of hydrogen-bond donors (Lipinski definition) is 0. The molecule has 0 N–H and O–H groups in total. The summed E-state index contributed by atoms with van der Waals surface area (Å²) in [5.41, 5.74) is 0.650. The van der Waals surface area contributed by atoms with Crippen LogP contribution in [0.2, 0.25) is 0 Å². The van der Waals surface area contributed by atoms with Gasteiger partial charge >= 0.3 is 0 Å². The van der Waals surface area contributed by atoms with Gasteiger partial charge in [-0.15, -0.1) is 0 Å². The lowest BCUT2D eigenvalue weighted by molar-refractivity contribution is -0.132. The molecule has 4 rings (SSSR count). The number of carbonyl (C=O) groups excluding carboxylic acids is 2. The Kier molecular flexibility index (Phi) is 6.17. The molecule has 1 atom stereocenters. The number of hydrogen-bond acceptors (Lipinski definition) is 5. The number of ether oxygens (including phenoxy) is 1. The normalized spacial score (nSPS) is 16.3. The van der Waals surface area contributed by atoms with Crippen LogP contribution in [-0.2, 0) is 11.3 Å². The molecule has 154 valence electrons. The summed E-state index contributed by atoms with van der Waals surface area (Å²) in [4.78, 5) is 31.2. The zero-order chi connectivity index (χ0) is 20.8. The summed E-state index contributed by atoms with van der Waals surface area (Å²) in [7, 11) is 0.